The summed E-state index contributed by atoms with van der Waals surface area (Å²) in [5.41, 5.74) is 1.13. The Morgan fingerprint density at radius 2 is 2.21 bits per heavy atom. The highest BCUT2D eigenvalue weighted by Gasteiger charge is 2.37. The maximum Gasteiger partial charge on any atom is 0.274 e. The quantitative estimate of drug-likeness (QED) is 0.920. The lowest BCUT2D eigenvalue weighted by Gasteiger charge is -2.24. The monoisotopic (exact) mass is 329 g/mol. The van der Waals surface area contributed by atoms with Crippen LogP contribution < -0.4 is 0 Å². The van der Waals surface area contributed by atoms with Gasteiger partial charge in [0, 0.05) is 25.7 Å². The summed E-state index contributed by atoms with van der Waals surface area (Å²) >= 11 is 0. The molecule has 1 amide bonds. The highest BCUT2D eigenvalue weighted by molar-refractivity contribution is 5.92. The zero-order valence-electron chi connectivity index (χ0n) is 13.4. The predicted octanol–water partition coefficient (Wildman–Crippen LogP) is 2.31. The molecule has 2 aliphatic rings. The van der Waals surface area contributed by atoms with Gasteiger partial charge in [-0.3, -0.25) is 4.79 Å². The SMILES string of the molecule is O=C(c1cn2c(n1)CCCC2)N1C[C@H](O)C[C@@H]1c1cccc(F)c1. The zero-order chi connectivity index (χ0) is 16.7. The number of likely N-dealkylation sites (tertiary alicyclic amines) is 1. The second-order valence-corrected chi connectivity index (χ2v) is 6.61. The Hall–Kier alpha value is -2.21. The number of β-amino-alcohol motifs (C(OH)–C–C–N with tert-alkyl or cyclic N) is 1. The van der Waals surface area contributed by atoms with Crippen molar-refractivity contribution < 1.29 is 14.3 Å². The first-order chi connectivity index (χ1) is 11.6. The molecule has 5 nitrogen and oxygen atoms in total. The smallest absolute Gasteiger partial charge is 0.274 e. The highest BCUT2D eigenvalue weighted by atomic mass is 19.1. The van der Waals surface area contributed by atoms with E-state index in [9.17, 15) is 14.3 Å². The van der Waals surface area contributed by atoms with E-state index in [1.807, 2.05) is 10.8 Å². The highest BCUT2D eigenvalue weighted by Crippen LogP contribution is 2.33. The number of carbonyl (C=O) groups is 1. The number of aliphatic hydroxyl groups excluding tert-OH is 1. The van der Waals surface area contributed by atoms with E-state index >= 15 is 0 Å². The van der Waals surface area contributed by atoms with Gasteiger partial charge < -0.3 is 14.6 Å². The number of rotatable bonds is 2. The van der Waals surface area contributed by atoms with Gasteiger partial charge in [0.05, 0.1) is 12.1 Å². The number of carbonyl (C=O) groups excluding carboxylic acids is 1. The number of amides is 1. The van der Waals surface area contributed by atoms with Crippen LogP contribution in [0.25, 0.3) is 0 Å². The number of hydrogen-bond acceptors (Lipinski definition) is 3. The van der Waals surface area contributed by atoms with Crippen LogP contribution in [0.15, 0.2) is 30.5 Å². The minimum atomic E-state index is -0.598. The third-order valence-electron chi connectivity index (χ3n) is 4.90. The molecule has 0 unspecified atom stereocenters. The van der Waals surface area contributed by atoms with Gasteiger partial charge in [0.2, 0.25) is 0 Å². The van der Waals surface area contributed by atoms with E-state index in [1.165, 1.54) is 12.1 Å². The molecule has 0 spiro atoms. The average molecular weight is 329 g/mol. The van der Waals surface area contributed by atoms with Crippen LogP contribution >= 0.6 is 0 Å². The van der Waals surface area contributed by atoms with E-state index in [4.69, 9.17) is 0 Å². The normalized spacial score (nSPS) is 23.3. The predicted molar refractivity (Wildman–Crippen MR) is 86.0 cm³/mol. The third kappa shape index (κ3) is 2.71. The molecule has 2 aliphatic heterocycles. The number of fused-ring (bicyclic) bond motifs is 1. The molecule has 0 bridgehead atoms. The molecule has 126 valence electrons. The van der Waals surface area contributed by atoms with Crippen LogP contribution in [0.3, 0.4) is 0 Å². The maximum atomic E-state index is 13.5. The number of hydrogen-bond donors (Lipinski definition) is 1. The van der Waals surface area contributed by atoms with Crippen LogP contribution in [-0.2, 0) is 13.0 Å². The summed E-state index contributed by atoms with van der Waals surface area (Å²) < 4.78 is 15.6. The first-order valence-electron chi connectivity index (χ1n) is 8.42. The molecule has 2 aromatic rings. The van der Waals surface area contributed by atoms with Crippen LogP contribution in [-0.4, -0.2) is 38.1 Å². The Kier molecular flexibility index (Phi) is 3.84. The summed E-state index contributed by atoms with van der Waals surface area (Å²) in [6, 6.07) is 5.92. The molecule has 1 aromatic heterocycles. The van der Waals surface area contributed by atoms with Crippen LogP contribution in [0, 0.1) is 5.82 Å². The Morgan fingerprint density at radius 1 is 1.33 bits per heavy atom. The van der Waals surface area contributed by atoms with E-state index in [2.05, 4.69) is 4.98 Å². The molecule has 3 heterocycles. The van der Waals surface area contributed by atoms with Crippen molar-refractivity contribution in [2.75, 3.05) is 6.54 Å². The number of aryl methyl sites for hydroxylation is 2. The van der Waals surface area contributed by atoms with Crippen LogP contribution in [0.2, 0.25) is 0 Å². The molecule has 6 heteroatoms. The van der Waals surface area contributed by atoms with E-state index in [0.717, 1.165) is 31.6 Å². The van der Waals surface area contributed by atoms with Crippen molar-refractivity contribution in [1.82, 2.24) is 14.5 Å². The first-order valence-corrected chi connectivity index (χ1v) is 8.42. The number of aliphatic hydroxyl groups is 1. The van der Waals surface area contributed by atoms with E-state index in [-0.39, 0.29) is 24.3 Å². The van der Waals surface area contributed by atoms with Crippen molar-refractivity contribution in [1.29, 1.82) is 0 Å². The zero-order valence-corrected chi connectivity index (χ0v) is 13.4. The van der Waals surface area contributed by atoms with Gasteiger partial charge in [-0.25, -0.2) is 9.37 Å². The number of halogens is 1. The Bertz CT molecular complexity index is 750. The average Bonchev–Trinajstić information content (AvgIpc) is 3.17. The van der Waals surface area contributed by atoms with E-state index < -0.39 is 6.10 Å². The molecule has 2 atom stereocenters. The molecule has 0 aliphatic carbocycles. The van der Waals surface area contributed by atoms with Crippen molar-refractivity contribution in [2.24, 2.45) is 0 Å². The standard InChI is InChI=1S/C18H20FN3O2/c19-13-5-3-4-12(8-13)16-9-14(23)10-22(16)18(24)15-11-21-7-2-1-6-17(21)20-15/h3-5,8,11,14,16,23H,1-2,6-7,9-10H2/t14-,16-/m1/s1. The summed E-state index contributed by atoms with van der Waals surface area (Å²) in [6.07, 6.45) is 4.72. The molecule has 1 saturated heterocycles. The molecule has 0 saturated carbocycles. The molecule has 1 N–H and O–H groups in total. The van der Waals surface area contributed by atoms with Gasteiger partial charge in [-0.15, -0.1) is 0 Å². The first kappa shape index (κ1) is 15.3. The maximum absolute atomic E-state index is 13.5. The second-order valence-electron chi connectivity index (χ2n) is 6.61. The summed E-state index contributed by atoms with van der Waals surface area (Å²) in [5, 5.41) is 10.0. The molecule has 4 rings (SSSR count). The summed E-state index contributed by atoms with van der Waals surface area (Å²) in [5.74, 6) is 0.424. The van der Waals surface area contributed by atoms with Crippen LogP contribution in [0.4, 0.5) is 4.39 Å². The molecule has 1 aromatic carbocycles. The van der Waals surface area contributed by atoms with Crippen LogP contribution in [0.5, 0.6) is 0 Å². The van der Waals surface area contributed by atoms with Crippen molar-refractivity contribution in [3.63, 3.8) is 0 Å². The van der Waals surface area contributed by atoms with Gasteiger partial charge >= 0.3 is 0 Å². The summed E-state index contributed by atoms with van der Waals surface area (Å²) in [7, 11) is 0. The Morgan fingerprint density at radius 3 is 3.00 bits per heavy atom. The van der Waals surface area contributed by atoms with Gasteiger partial charge in [-0.1, -0.05) is 12.1 Å². The van der Waals surface area contributed by atoms with Crippen LogP contribution in [0.1, 0.15) is 47.2 Å². The fourth-order valence-corrected chi connectivity index (χ4v) is 3.73. The second kappa shape index (κ2) is 6.02. The number of benzene rings is 1. The fraction of sp³-hybridized carbons (Fsp3) is 0.444. The van der Waals surface area contributed by atoms with Gasteiger partial charge in [-0.2, -0.15) is 0 Å². The van der Waals surface area contributed by atoms with Crippen molar-refractivity contribution >= 4 is 5.91 Å². The fourth-order valence-electron chi connectivity index (χ4n) is 3.73. The number of imidazole rings is 1. The van der Waals surface area contributed by atoms with Gasteiger partial charge in [0.1, 0.15) is 17.3 Å². The Balaban J connectivity index is 1.63. The minimum absolute atomic E-state index is 0.192. The lowest BCUT2D eigenvalue weighted by Crippen LogP contribution is -2.32. The van der Waals surface area contributed by atoms with Crippen molar-refractivity contribution in [3.8, 4) is 0 Å². The molecule has 1 fully saturated rings. The Labute approximate surface area is 139 Å². The lowest BCUT2D eigenvalue weighted by molar-refractivity contribution is 0.0710. The van der Waals surface area contributed by atoms with Gasteiger partial charge in [0.25, 0.3) is 5.91 Å². The molecule has 0 radical (unpaired) electrons. The van der Waals surface area contributed by atoms with Gasteiger partial charge in [-0.05, 0) is 37.0 Å². The molecular weight excluding hydrogens is 309 g/mol. The van der Waals surface area contributed by atoms with Crippen molar-refractivity contribution in [3.05, 3.63) is 53.4 Å². The summed E-state index contributed by atoms with van der Waals surface area (Å²) in [6.45, 7) is 1.15. The minimum Gasteiger partial charge on any atom is -0.391 e. The number of aromatic nitrogens is 2. The molecular formula is C18H20FN3O2. The summed E-state index contributed by atoms with van der Waals surface area (Å²) in [4.78, 5) is 19.0. The van der Waals surface area contributed by atoms with E-state index in [1.54, 1.807) is 17.0 Å². The lowest BCUT2D eigenvalue weighted by atomic mass is 10.0. The van der Waals surface area contributed by atoms with Crippen molar-refractivity contribution in [2.45, 2.75) is 44.4 Å². The topological polar surface area (TPSA) is 58.4 Å². The largest absolute Gasteiger partial charge is 0.391 e. The number of nitrogens with zero attached hydrogens (tertiary/aromatic N) is 3. The third-order valence-corrected chi connectivity index (χ3v) is 4.90. The van der Waals surface area contributed by atoms with E-state index in [0.29, 0.717) is 17.7 Å². The van der Waals surface area contributed by atoms with Gasteiger partial charge in [0.15, 0.2) is 0 Å². The molecule has 24 heavy (non-hydrogen) atoms.